The lowest BCUT2D eigenvalue weighted by Crippen LogP contribution is -2.37. The van der Waals surface area contributed by atoms with Crippen LogP contribution in [0.4, 0.5) is 4.39 Å². The molecule has 0 heterocycles. The molecule has 1 rings (SSSR count). The Kier molecular flexibility index (Phi) is 6.75. The molecule has 0 aliphatic heterocycles. The molecule has 0 aliphatic rings. The standard InChI is InChI=1S/C16H20FNO3/c1-4-9-18-14(7-8-15(19)21-3)16(20)12-5-6-13(17)11(2)10-12/h4-6,10,14,18H,1,7-9H2,2-3H3. The highest BCUT2D eigenvalue weighted by molar-refractivity contribution is 6.00. The third kappa shape index (κ3) is 5.11. The van der Waals surface area contributed by atoms with Gasteiger partial charge in [-0.3, -0.25) is 9.59 Å². The van der Waals surface area contributed by atoms with Gasteiger partial charge in [0, 0.05) is 18.5 Å². The van der Waals surface area contributed by atoms with Crippen LogP contribution in [-0.4, -0.2) is 31.4 Å². The van der Waals surface area contributed by atoms with Gasteiger partial charge in [-0.15, -0.1) is 6.58 Å². The number of carbonyl (C=O) groups excluding carboxylic acids is 2. The zero-order valence-electron chi connectivity index (χ0n) is 12.3. The fourth-order valence-corrected chi connectivity index (χ4v) is 1.91. The fraction of sp³-hybridized carbons (Fsp3) is 0.375. The van der Waals surface area contributed by atoms with E-state index in [4.69, 9.17) is 0 Å². The van der Waals surface area contributed by atoms with Crippen molar-refractivity contribution in [2.75, 3.05) is 13.7 Å². The normalized spacial score (nSPS) is 11.8. The molecule has 1 aromatic carbocycles. The van der Waals surface area contributed by atoms with E-state index in [0.29, 0.717) is 24.1 Å². The van der Waals surface area contributed by atoms with Crippen molar-refractivity contribution in [3.63, 3.8) is 0 Å². The molecule has 21 heavy (non-hydrogen) atoms. The van der Waals surface area contributed by atoms with E-state index in [1.54, 1.807) is 13.0 Å². The number of Topliss-reactive ketones (excluding diaryl/α,β-unsaturated/α-hetero) is 1. The molecule has 1 N–H and O–H groups in total. The lowest BCUT2D eigenvalue weighted by molar-refractivity contribution is -0.140. The molecule has 0 aliphatic carbocycles. The van der Waals surface area contributed by atoms with Crippen LogP contribution < -0.4 is 5.32 Å². The average molecular weight is 293 g/mol. The first-order chi connectivity index (χ1) is 9.99. The lowest BCUT2D eigenvalue weighted by atomic mass is 9.98. The van der Waals surface area contributed by atoms with Crippen molar-refractivity contribution in [2.45, 2.75) is 25.8 Å². The van der Waals surface area contributed by atoms with E-state index in [9.17, 15) is 14.0 Å². The Morgan fingerprint density at radius 1 is 1.48 bits per heavy atom. The van der Waals surface area contributed by atoms with Crippen LogP contribution in [0, 0.1) is 12.7 Å². The van der Waals surface area contributed by atoms with Crippen molar-refractivity contribution in [3.8, 4) is 0 Å². The van der Waals surface area contributed by atoms with E-state index in [0.717, 1.165) is 0 Å². The topological polar surface area (TPSA) is 55.4 Å². The number of esters is 1. The van der Waals surface area contributed by atoms with E-state index < -0.39 is 6.04 Å². The van der Waals surface area contributed by atoms with Crippen molar-refractivity contribution in [3.05, 3.63) is 47.8 Å². The monoisotopic (exact) mass is 293 g/mol. The van der Waals surface area contributed by atoms with Crippen molar-refractivity contribution < 1.29 is 18.7 Å². The highest BCUT2D eigenvalue weighted by Crippen LogP contribution is 2.13. The molecule has 0 saturated carbocycles. The summed E-state index contributed by atoms with van der Waals surface area (Å²) in [5.74, 6) is -0.899. The van der Waals surface area contributed by atoms with Gasteiger partial charge in [-0.25, -0.2) is 4.39 Å². The molecule has 114 valence electrons. The highest BCUT2D eigenvalue weighted by atomic mass is 19.1. The zero-order valence-corrected chi connectivity index (χ0v) is 12.3. The van der Waals surface area contributed by atoms with Crippen LogP contribution in [0.15, 0.2) is 30.9 Å². The van der Waals surface area contributed by atoms with Gasteiger partial charge >= 0.3 is 5.97 Å². The second-order valence-corrected chi connectivity index (χ2v) is 4.69. The Bertz CT molecular complexity index is 528. The van der Waals surface area contributed by atoms with Crippen molar-refractivity contribution >= 4 is 11.8 Å². The number of ether oxygens (including phenoxy) is 1. The number of rotatable bonds is 8. The number of aryl methyl sites for hydroxylation is 1. The van der Waals surface area contributed by atoms with Crippen LogP contribution in [0.5, 0.6) is 0 Å². The summed E-state index contributed by atoms with van der Waals surface area (Å²) < 4.78 is 17.8. The fourth-order valence-electron chi connectivity index (χ4n) is 1.91. The molecule has 0 spiro atoms. The van der Waals surface area contributed by atoms with E-state index >= 15 is 0 Å². The summed E-state index contributed by atoms with van der Waals surface area (Å²) in [7, 11) is 1.31. The molecule has 1 atom stereocenters. The number of hydrogen-bond acceptors (Lipinski definition) is 4. The van der Waals surface area contributed by atoms with Gasteiger partial charge in [0.1, 0.15) is 5.82 Å². The van der Waals surface area contributed by atoms with E-state index in [-0.39, 0.29) is 24.0 Å². The molecule has 0 saturated heterocycles. The maximum atomic E-state index is 13.3. The van der Waals surface area contributed by atoms with Gasteiger partial charge in [-0.2, -0.15) is 0 Å². The number of nitrogens with one attached hydrogen (secondary N) is 1. The molecule has 0 amide bonds. The minimum atomic E-state index is -0.535. The van der Waals surface area contributed by atoms with Crippen LogP contribution in [0.1, 0.15) is 28.8 Å². The maximum Gasteiger partial charge on any atom is 0.305 e. The van der Waals surface area contributed by atoms with Crippen molar-refractivity contribution in [1.82, 2.24) is 5.32 Å². The average Bonchev–Trinajstić information content (AvgIpc) is 2.49. The molecule has 0 aromatic heterocycles. The van der Waals surface area contributed by atoms with Crippen LogP contribution in [0.25, 0.3) is 0 Å². The van der Waals surface area contributed by atoms with E-state index in [2.05, 4.69) is 16.6 Å². The summed E-state index contributed by atoms with van der Waals surface area (Å²) in [5.41, 5.74) is 0.830. The van der Waals surface area contributed by atoms with Crippen molar-refractivity contribution in [1.29, 1.82) is 0 Å². The SMILES string of the molecule is C=CCNC(CCC(=O)OC)C(=O)c1ccc(F)c(C)c1. The lowest BCUT2D eigenvalue weighted by Gasteiger charge is -2.16. The third-order valence-electron chi connectivity index (χ3n) is 3.13. The second kappa shape index (κ2) is 8.32. The first-order valence-electron chi connectivity index (χ1n) is 6.71. The quantitative estimate of drug-likeness (QED) is 0.454. The molecule has 1 aromatic rings. The Balaban J connectivity index is 2.84. The summed E-state index contributed by atoms with van der Waals surface area (Å²) in [5, 5.41) is 3.01. The maximum absolute atomic E-state index is 13.3. The summed E-state index contributed by atoms with van der Waals surface area (Å²) in [4.78, 5) is 23.7. The Morgan fingerprint density at radius 3 is 2.76 bits per heavy atom. The highest BCUT2D eigenvalue weighted by Gasteiger charge is 2.21. The number of methoxy groups -OCH3 is 1. The van der Waals surface area contributed by atoms with E-state index in [1.165, 1.54) is 25.3 Å². The number of hydrogen-bond donors (Lipinski definition) is 1. The van der Waals surface area contributed by atoms with E-state index in [1.807, 2.05) is 0 Å². The predicted molar refractivity (Wildman–Crippen MR) is 78.7 cm³/mol. The van der Waals surface area contributed by atoms with Gasteiger partial charge in [-0.05, 0) is 37.1 Å². The number of carbonyl (C=O) groups is 2. The van der Waals surface area contributed by atoms with Crippen molar-refractivity contribution in [2.24, 2.45) is 0 Å². The molecule has 4 nitrogen and oxygen atoms in total. The minimum absolute atomic E-state index is 0.136. The summed E-state index contributed by atoms with van der Waals surface area (Å²) in [6.07, 6.45) is 2.08. The predicted octanol–water partition coefficient (Wildman–Crippen LogP) is 2.41. The van der Waals surface area contributed by atoms with Gasteiger partial charge in [0.15, 0.2) is 5.78 Å². The molecule has 0 radical (unpaired) electrons. The van der Waals surface area contributed by atoms with Gasteiger partial charge < -0.3 is 10.1 Å². The largest absolute Gasteiger partial charge is 0.469 e. The number of ketones is 1. The van der Waals surface area contributed by atoms with Gasteiger partial charge in [0.25, 0.3) is 0 Å². The summed E-state index contributed by atoms with van der Waals surface area (Å²) >= 11 is 0. The smallest absolute Gasteiger partial charge is 0.305 e. The zero-order chi connectivity index (χ0) is 15.8. The Labute approximate surface area is 124 Å². The summed E-state index contributed by atoms with van der Waals surface area (Å²) in [6.45, 7) is 5.63. The first kappa shape index (κ1) is 17.0. The van der Waals surface area contributed by atoms with Gasteiger partial charge in [-0.1, -0.05) is 6.08 Å². The van der Waals surface area contributed by atoms with Gasteiger partial charge in [0.05, 0.1) is 13.2 Å². The second-order valence-electron chi connectivity index (χ2n) is 4.69. The van der Waals surface area contributed by atoms with Crippen LogP contribution >= 0.6 is 0 Å². The van der Waals surface area contributed by atoms with Crippen LogP contribution in [0.3, 0.4) is 0 Å². The number of halogens is 1. The summed E-state index contributed by atoms with van der Waals surface area (Å²) in [6, 6.07) is 3.70. The molecular formula is C16H20FNO3. The van der Waals surface area contributed by atoms with Crippen LogP contribution in [-0.2, 0) is 9.53 Å². The first-order valence-corrected chi connectivity index (χ1v) is 6.71. The Morgan fingerprint density at radius 2 is 2.19 bits per heavy atom. The molecule has 0 fully saturated rings. The number of benzene rings is 1. The van der Waals surface area contributed by atoms with Crippen LogP contribution in [0.2, 0.25) is 0 Å². The molecule has 0 bridgehead atoms. The minimum Gasteiger partial charge on any atom is -0.469 e. The van der Waals surface area contributed by atoms with Gasteiger partial charge in [0.2, 0.25) is 0 Å². The Hall–Kier alpha value is -2.01. The molecule has 5 heteroatoms. The molecular weight excluding hydrogens is 273 g/mol. The molecule has 1 unspecified atom stereocenters. The third-order valence-corrected chi connectivity index (χ3v) is 3.13.